The Morgan fingerprint density at radius 2 is 1.74 bits per heavy atom. The molecule has 2 rings (SSSR count). The highest BCUT2D eigenvalue weighted by Crippen LogP contribution is 2.22. The van der Waals surface area contributed by atoms with Crippen LogP contribution in [0.25, 0.3) is 0 Å². The van der Waals surface area contributed by atoms with Gasteiger partial charge in [-0.15, -0.1) is 0 Å². The molecule has 0 unspecified atom stereocenters. The Kier molecular flexibility index (Phi) is 4.20. The van der Waals surface area contributed by atoms with Gasteiger partial charge in [-0.2, -0.15) is 0 Å². The van der Waals surface area contributed by atoms with E-state index in [0.29, 0.717) is 12.2 Å². The summed E-state index contributed by atoms with van der Waals surface area (Å²) in [5.74, 6) is 1.30. The van der Waals surface area contributed by atoms with Gasteiger partial charge >= 0.3 is 0 Å². The van der Waals surface area contributed by atoms with Gasteiger partial charge < -0.3 is 5.73 Å². The molecular formula is C15H18BrN3. The quantitative estimate of drug-likeness (QED) is 0.940. The van der Waals surface area contributed by atoms with Crippen LogP contribution in [0.3, 0.4) is 0 Å². The van der Waals surface area contributed by atoms with Crippen LogP contribution in [0, 0.1) is 13.8 Å². The van der Waals surface area contributed by atoms with Gasteiger partial charge in [-0.1, -0.05) is 36.2 Å². The molecule has 0 aliphatic carbocycles. The molecule has 100 valence electrons. The van der Waals surface area contributed by atoms with Crippen molar-refractivity contribution < 1.29 is 0 Å². The van der Waals surface area contributed by atoms with Crippen LogP contribution in [0.5, 0.6) is 0 Å². The third-order valence-electron chi connectivity index (χ3n) is 2.97. The van der Waals surface area contributed by atoms with E-state index >= 15 is 0 Å². The number of anilines is 1. The molecule has 0 radical (unpaired) electrons. The molecular weight excluding hydrogens is 302 g/mol. The Balaban J connectivity index is 2.35. The van der Waals surface area contributed by atoms with Crippen molar-refractivity contribution in [2.45, 2.75) is 33.6 Å². The summed E-state index contributed by atoms with van der Waals surface area (Å²) in [7, 11) is 0. The van der Waals surface area contributed by atoms with Gasteiger partial charge in [0.1, 0.15) is 11.6 Å². The van der Waals surface area contributed by atoms with Gasteiger partial charge in [-0.05, 0) is 41.8 Å². The van der Waals surface area contributed by atoms with E-state index in [-0.39, 0.29) is 0 Å². The highest BCUT2D eigenvalue weighted by molar-refractivity contribution is 9.10. The number of halogens is 1. The maximum atomic E-state index is 5.91. The second-order valence-electron chi connectivity index (χ2n) is 4.81. The lowest BCUT2D eigenvalue weighted by molar-refractivity contribution is 0.901. The van der Waals surface area contributed by atoms with E-state index in [1.54, 1.807) is 0 Å². The zero-order valence-corrected chi connectivity index (χ0v) is 13.1. The number of aromatic nitrogens is 2. The van der Waals surface area contributed by atoms with Crippen molar-refractivity contribution in [3.05, 3.63) is 50.9 Å². The molecule has 1 aromatic heterocycles. The molecule has 0 aliphatic rings. The summed E-state index contributed by atoms with van der Waals surface area (Å²) < 4.78 is 0.819. The first-order valence-electron chi connectivity index (χ1n) is 6.37. The monoisotopic (exact) mass is 319 g/mol. The first-order valence-corrected chi connectivity index (χ1v) is 7.16. The van der Waals surface area contributed by atoms with Gasteiger partial charge in [0.15, 0.2) is 0 Å². The summed E-state index contributed by atoms with van der Waals surface area (Å²) in [5.41, 5.74) is 10.6. The van der Waals surface area contributed by atoms with Gasteiger partial charge in [-0.3, -0.25) is 0 Å². The fourth-order valence-corrected chi connectivity index (χ4v) is 2.69. The number of aryl methyl sites for hydroxylation is 3. The highest BCUT2D eigenvalue weighted by atomic mass is 79.9. The van der Waals surface area contributed by atoms with E-state index in [9.17, 15) is 0 Å². The lowest BCUT2D eigenvalue weighted by atomic mass is 10.0. The SMILES string of the molecule is CCc1nc(Cc2cc(C)cc(C)c2)nc(N)c1Br. The maximum absolute atomic E-state index is 5.91. The third kappa shape index (κ3) is 3.32. The van der Waals surface area contributed by atoms with Crippen molar-refractivity contribution in [3.63, 3.8) is 0 Å². The molecule has 0 saturated carbocycles. The van der Waals surface area contributed by atoms with Crippen molar-refractivity contribution in [1.29, 1.82) is 0 Å². The summed E-state index contributed by atoms with van der Waals surface area (Å²) in [6, 6.07) is 6.50. The smallest absolute Gasteiger partial charge is 0.141 e. The van der Waals surface area contributed by atoms with Crippen molar-refractivity contribution in [2.75, 3.05) is 5.73 Å². The number of hydrogen-bond acceptors (Lipinski definition) is 3. The maximum Gasteiger partial charge on any atom is 0.141 e. The fraction of sp³-hybridized carbons (Fsp3) is 0.333. The van der Waals surface area contributed by atoms with Gasteiger partial charge in [0.2, 0.25) is 0 Å². The second-order valence-corrected chi connectivity index (χ2v) is 5.61. The number of benzene rings is 1. The van der Waals surface area contributed by atoms with Crippen LogP contribution in [0.15, 0.2) is 22.7 Å². The summed E-state index contributed by atoms with van der Waals surface area (Å²) in [5, 5.41) is 0. The molecule has 3 nitrogen and oxygen atoms in total. The van der Waals surface area contributed by atoms with Crippen LogP contribution in [0.4, 0.5) is 5.82 Å². The fourth-order valence-electron chi connectivity index (χ4n) is 2.23. The minimum atomic E-state index is 0.520. The molecule has 19 heavy (non-hydrogen) atoms. The zero-order valence-electron chi connectivity index (χ0n) is 11.5. The van der Waals surface area contributed by atoms with Gasteiger partial charge in [0.25, 0.3) is 0 Å². The first-order chi connectivity index (χ1) is 8.99. The zero-order chi connectivity index (χ0) is 14.0. The normalized spacial score (nSPS) is 10.7. The lowest BCUT2D eigenvalue weighted by Crippen LogP contribution is -2.05. The number of hydrogen-bond donors (Lipinski definition) is 1. The Labute approximate surface area is 122 Å². The molecule has 0 spiro atoms. The van der Waals surface area contributed by atoms with Crippen LogP contribution >= 0.6 is 15.9 Å². The molecule has 0 amide bonds. The van der Waals surface area contributed by atoms with Crippen molar-refractivity contribution in [2.24, 2.45) is 0 Å². The predicted octanol–water partition coefficient (Wildman–Crippen LogP) is 3.59. The Bertz CT molecular complexity index is 588. The van der Waals surface area contributed by atoms with E-state index in [0.717, 1.165) is 22.4 Å². The molecule has 0 fully saturated rings. The number of nitrogens with zero attached hydrogens (tertiary/aromatic N) is 2. The van der Waals surface area contributed by atoms with Crippen LogP contribution in [0.1, 0.15) is 35.1 Å². The average Bonchev–Trinajstić information content (AvgIpc) is 2.32. The minimum absolute atomic E-state index is 0.520. The number of nitrogens with two attached hydrogens (primary N) is 1. The summed E-state index contributed by atoms with van der Waals surface area (Å²) in [4.78, 5) is 8.92. The lowest BCUT2D eigenvalue weighted by Gasteiger charge is -2.08. The Morgan fingerprint density at radius 1 is 1.11 bits per heavy atom. The molecule has 0 saturated heterocycles. The van der Waals surface area contributed by atoms with Crippen LogP contribution in [-0.4, -0.2) is 9.97 Å². The van der Waals surface area contributed by atoms with Crippen molar-refractivity contribution in [3.8, 4) is 0 Å². The van der Waals surface area contributed by atoms with Crippen LogP contribution < -0.4 is 5.73 Å². The third-order valence-corrected chi connectivity index (χ3v) is 3.83. The van der Waals surface area contributed by atoms with Crippen LogP contribution in [-0.2, 0) is 12.8 Å². The topological polar surface area (TPSA) is 51.8 Å². The highest BCUT2D eigenvalue weighted by Gasteiger charge is 2.09. The molecule has 1 aromatic carbocycles. The predicted molar refractivity (Wildman–Crippen MR) is 82.2 cm³/mol. The van der Waals surface area contributed by atoms with Crippen molar-refractivity contribution in [1.82, 2.24) is 9.97 Å². The Hall–Kier alpha value is -1.42. The van der Waals surface area contributed by atoms with E-state index < -0.39 is 0 Å². The van der Waals surface area contributed by atoms with Crippen LogP contribution in [0.2, 0.25) is 0 Å². The first kappa shape index (κ1) is 14.0. The standard InChI is InChI=1S/C15H18BrN3/c1-4-12-14(16)15(17)19-13(18-12)8-11-6-9(2)5-10(3)7-11/h5-7H,4,8H2,1-3H3,(H2,17,18,19). The molecule has 1 heterocycles. The van der Waals surface area contributed by atoms with Gasteiger partial charge in [-0.25, -0.2) is 9.97 Å². The summed E-state index contributed by atoms with van der Waals surface area (Å²) in [6.45, 7) is 6.27. The molecule has 0 bridgehead atoms. The van der Waals surface area contributed by atoms with Crippen molar-refractivity contribution >= 4 is 21.7 Å². The summed E-state index contributed by atoms with van der Waals surface area (Å²) >= 11 is 3.43. The van der Waals surface area contributed by atoms with E-state index in [1.165, 1.54) is 16.7 Å². The second kappa shape index (κ2) is 5.70. The largest absolute Gasteiger partial charge is 0.383 e. The average molecular weight is 320 g/mol. The molecule has 2 N–H and O–H groups in total. The van der Waals surface area contributed by atoms with Gasteiger partial charge in [0.05, 0.1) is 10.2 Å². The Morgan fingerprint density at radius 3 is 2.32 bits per heavy atom. The van der Waals surface area contributed by atoms with Gasteiger partial charge in [0, 0.05) is 6.42 Å². The minimum Gasteiger partial charge on any atom is -0.383 e. The van der Waals surface area contributed by atoms with E-state index in [4.69, 9.17) is 5.73 Å². The number of rotatable bonds is 3. The summed E-state index contributed by atoms with van der Waals surface area (Å²) in [6.07, 6.45) is 1.56. The molecule has 0 atom stereocenters. The number of nitrogen functional groups attached to an aromatic ring is 1. The molecule has 4 heteroatoms. The molecule has 2 aromatic rings. The molecule has 0 aliphatic heterocycles. The van der Waals surface area contributed by atoms with E-state index in [2.05, 4.69) is 64.9 Å². The van der Waals surface area contributed by atoms with E-state index in [1.807, 2.05) is 0 Å².